The number of ether oxygens (including phenoxy) is 1. The average Bonchev–Trinajstić information content (AvgIpc) is 3.22. The second-order valence-corrected chi connectivity index (χ2v) is 7.31. The molecule has 2 saturated heterocycles. The van der Waals surface area contributed by atoms with Gasteiger partial charge in [0.2, 0.25) is 0 Å². The lowest BCUT2D eigenvalue weighted by atomic mass is 10.00. The molecule has 0 unspecified atom stereocenters. The summed E-state index contributed by atoms with van der Waals surface area (Å²) in [5.41, 5.74) is 1.33. The highest BCUT2D eigenvalue weighted by Crippen LogP contribution is 2.18. The van der Waals surface area contributed by atoms with Crippen LogP contribution >= 0.6 is 0 Å². The van der Waals surface area contributed by atoms with E-state index in [0.717, 1.165) is 44.1 Å². The van der Waals surface area contributed by atoms with Crippen LogP contribution in [0.3, 0.4) is 0 Å². The molecule has 2 fully saturated rings. The van der Waals surface area contributed by atoms with Crippen LogP contribution in [0.1, 0.15) is 28.9 Å². The average molecular weight is 385 g/mol. The van der Waals surface area contributed by atoms with Gasteiger partial charge in [-0.1, -0.05) is 11.3 Å². The molecule has 4 heterocycles. The third kappa shape index (κ3) is 4.66. The predicted molar refractivity (Wildman–Crippen MR) is 104 cm³/mol. The van der Waals surface area contributed by atoms with Gasteiger partial charge in [-0.3, -0.25) is 9.48 Å². The topological polar surface area (TPSA) is 97.2 Å². The van der Waals surface area contributed by atoms with E-state index < -0.39 is 0 Å². The van der Waals surface area contributed by atoms with E-state index in [1.807, 2.05) is 12.1 Å². The Morgan fingerprint density at radius 2 is 2.25 bits per heavy atom. The van der Waals surface area contributed by atoms with Gasteiger partial charge in [0.25, 0.3) is 5.91 Å². The number of hydrogen-bond acceptors (Lipinski definition) is 7. The van der Waals surface area contributed by atoms with Gasteiger partial charge in [0.1, 0.15) is 5.82 Å². The lowest BCUT2D eigenvalue weighted by molar-refractivity contribution is 0.0945. The fourth-order valence-electron chi connectivity index (χ4n) is 3.73. The smallest absolute Gasteiger partial charge is 0.273 e. The standard InChI is InChI=1S/C19H27N7O2/c27-19(17-14-26(24-23-17)13-15-3-1-5-20-11-15)22-12-16-4-2-6-21-18(16)25-7-9-28-10-8-25/h2,4,6,14-15,20H,1,3,5,7-13H2,(H,22,27)/t15-/m0/s1. The first kappa shape index (κ1) is 18.8. The normalized spacial score (nSPS) is 20.1. The highest BCUT2D eigenvalue weighted by molar-refractivity contribution is 5.91. The molecule has 28 heavy (non-hydrogen) atoms. The van der Waals surface area contributed by atoms with E-state index >= 15 is 0 Å². The largest absolute Gasteiger partial charge is 0.378 e. The third-order valence-corrected chi connectivity index (χ3v) is 5.23. The van der Waals surface area contributed by atoms with E-state index in [2.05, 4.69) is 30.8 Å². The van der Waals surface area contributed by atoms with Gasteiger partial charge in [-0.2, -0.15) is 0 Å². The molecule has 150 valence electrons. The Balaban J connectivity index is 1.34. The summed E-state index contributed by atoms with van der Waals surface area (Å²) >= 11 is 0. The van der Waals surface area contributed by atoms with Crippen LogP contribution in [0.15, 0.2) is 24.5 Å². The summed E-state index contributed by atoms with van der Waals surface area (Å²) in [5, 5.41) is 14.5. The van der Waals surface area contributed by atoms with Gasteiger partial charge < -0.3 is 20.3 Å². The number of pyridine rings is 1. The van der Waals surface area contributed by atoms with E-state index in [9.17, 15) is 4.79 Å². The van der Waals surface area contributed by atoms with Crippen LogP contribution < -0.4 is 15.5 Å². The molecule has 0 radical (unpaired) electrons. The van der Waals surface area contributed by atoms with Gasteiger partial charge in [-0.25, -0.2) is 4.98 Å². The lowest BCUT2D eigenvalue weighted by Crippen LogP contribution is -2.37. The molecule has 2 aromatic heterocycles. The first-order valence-corrected chi connectivity index (χ1v) is 9.95. The summed E-state index contributed by atoms with van der Waals surface area (Å²) in [6.45, 7) is 6.28. The number of piperidine rings is 1. The summed E-state index contributed by atoms with van der Waals surface area (Å²) in [6, 6.07) is 3.88. The zero-order chi connectivity index (χ0) is 19.2. The van der Waals surface area contributed by atoms with Crippen molar-refractivity contribution in [1.29, 1.82) is 0 Å². The number of amides is 1. The maximum atomic E-state index is 12.5. The number of nitrogens with one attached hydrogen (secondary N) is 2. The van der Waals surface area contributed by atoms with E-state index in [1.54, 1.807) is 17.1 Å². The van der Waals surface area contributed by atoms with Crippen molar-refractivity contribution in [2.24, 2.45) is 5.92 Å². The molecule has 0 aromatic carbocycles. The van der Waals surface area contributed by atoms with Crippen LogP contribution in [0.25, 0.3) is 0 Å². The molecular weight excluding hydrogens is 358 g/mol. The molecule has 4 rings (SSSR count). The van der Waals surface area contributed by atoms with Crippen molar-refractivity contribution in [1.82, 2.24) is 30.6 Å². The summed E-state index contributed by atoms with van der Waals surface area (Å²) in [6.07, 6.45) is 5.88. The van der Waals surface area contributed by atoms with Gasteiger partial charge in [0, 0.05) is 37.9 Å². The van der Waals surface area contributed by atoms with Gasteiger partial charge in [0.05, 0.1) is 19.4 Å². The second-order valence-electron chi connectivity index (χ2n) is 7.31. The molecule has 9 nitrogen and oxygen atoms in total. The van der Waals surface area contributed by atoms with Crippen molar-refractivity contribution in [2.45, 2.75) is 25.9 Å². The minimum absolute atomic E-state index is 0.218. The molecule has 0 saturated carbocycles. The van der Waals surface area contributed by atoms with Crippen LogP contribution in [-0.2, 0) is 17.8 Å². The number of rotatable bonds is 6. The van der Waals surface area contributed by atoms with Crippen molar-refractivity contribution in [3.8, 4) is 0 Å². The predicted octanol–water partition coefficient (Wildman–Crippen LogP) is 0.439. The first-order valence-electron chi connectivity index (χ1n) is 9.95. The molecule has 0 spiro atoms. The number of carbonyl (C=O) groups excluding carboxylic acids is 1. The van der Waals surface area contributed by atoms with Crippen molar-refractivity contribution >= 4 is 11.7 Å². The van der Waals surface area contributed by atoms with E-state index in [1.165, 1.54) is 12.8 Å². The maximum Gasteiger partial charge on any atom is 0.273 e. The van der Waals surface area contributed by atoms with Crippen molar-refractivity contribution < 1.29 is 9.53 Å². The Morgan fingerprint density at radius 3 is 3.07 bits per heavy atom. The molecule has 2 aliphatic rings. The third-order valence-electron chi connectivity index (χ3n) is 5.23. The van der Waals surface area contributed by atoms with Gasteiger partial charge in [-0.15, -0.1) is 5.10 Å². The van der Waals surface area contributed by atoms with E-state index in [0.29, 0.717) is 31.4 Å². The van der Waals surface area contributed by atoms with Crippen LogP contribution in [0.5, 0.6) is 0 Å². The number of aromatic nitrogens is 4. The quantitative estimate of drug-likeness (QED) is 0.745. The van der Waals surface area contributed by atoms with E-state index in [-0.39, 0.29) is 5.91 Å². The first-order chi connectivity index (χ1) is 13.8. The molecule has 0 bridgehead atoms. The Hall–Kier alpha value is -2.52. The van der Waals surface area contributed by atoms with Gasteiger partial charge in [0.15, 0.2) is 5.69 Å². The Kier molecular flexibility index (Phi) is 6.13. The second kappa shape index (κ2) is 9.11. The fourth-order valence-corrected chi connectivity index (χ4v) is 3.73. The number of anilines is 1. The molecule has 1 atom stereocenters. The summed E-state index contributed by atoms with van der Waals surface area (Å²) < 4.78 is 7.19. The van der Waals surface area contributed by atoms with Crippen LogP contribution in [0.2, 0.25) is 0 Å². The molecular formula is C19H27N7O2. The summed E-state index contributed by atoms with van der Waals surface area (Å²) in [4.78, 5) is 19.2. The number of hydrogen-bond donors (Lipinski definition) is 2. The summed E-state index contributed by atoms with van der Waals surface area (Å²) in [5.74, 6) is 1.22. The van der Waals surface area contributed by atoms with Crippen LogP contribution in [-0.4, -0.2) is 65.3 Å². The molecule has 2 N–H and O–H groups in total. The van der Waals surface area contributed by atoms with Crippen LogP contribution in [0.4, 0.5) is 5.82 Å². The number of carbonyl (C=O) groups is 1. The zero-order valence-electron chi connectivity index (χ0n) is 16.0. The minimum Gasteiger partial charge on any atom is -0.378 e. The van der Waals surface area contributed by atoms with E-state index in [4.69, 9.17) is 4.74 Å². The van der Waals surface area contributed by atoms with Gasteiger partial charge in [-0.05, 0) is 37.9 Å². The zero-order valence-corrected chi connectivity index (χ0v) is 16.0. The Labute approximate surface area is 164 Å². The highest BCUT2D eigenvalue weighted by Gasteiger charge is 2.18. The highest BCUT2D eigenvalue weighted by atomic mass is 16.5. The minimum atomic E-state index is -0.218. The molecule has 9 heteroatoms. The van der Waals surface area contributed by atoms with Gasteiger partial charge >= 0.3 is 0 Å². The summed E-state index contributed by atoms with van der Waals surface area (Å²) in [7, 11) is 0. The molecule has 2 aromatic rings. The Morgan fingerprint density at radius 1 is 1.36 bits per heavy atom. The number of morpholine rings is 1. The Bertz CT molecular complexity index is 782. The monoisotopic (exact) mass is 385 g/mol. The van der Waals surface area contributed by atoms with Crippen molar-refractivity contribution in [3.05, 3.63) is 35.8 Å². The lowest BCUT2D eigenvalue weighted by Gasteiger charge is -2.29. The molecule has 1 amide bonds. The SMILES string of the molecule is O=C(NCc1cccnc1N1CCOCC1)c1cn(C[C@H]2CCCNC2)nn1. The van der Waals surface area contributed by atoms with Crippen molar-refractivity contribution in [3.63, 3.8) is 0 Å². The molecule has 0 aliphatic carbocycles. The molecule has 2 aliphatic heterocycles. The number of nitrogens with zero attached hydrogens (tertiary/aromatic N) is 5. The van der Waals surface area contributed by atoms with Crippen LogP contribution in [0, 0.1) is 5.92 Å². The van der Waals surface area contributed by atoms with Crippen molar-refractivity contribution in [2.75, 3.05) is 44.3 Å². The fraction of sp³-hybridized carbons (Fsp3) is 0.579. The maximum absolute atomic E-state index is 12.5.